The summed E-state index contributed by atoms with van der Waals surface area (Å²) in [5.41, 5.74) is 1.55. The van der Waals surface area contributed by atoms with Gasteiger partial charge in [-0.2, -0.15) is 0 Å². The maximum atomic E-state index is 12.2. The molecule has 2 aromatic rings. The van der Waals surface area contributed by atoms with E-state index < -0.39 is 23.2 Å². The Balaban J connectivity index is 0.00000240. The van der Waals surface area contributed by atoms with Gasteiger partial charge < -0.3 is 14.6 Å². The van der Waals surface area contributed by atoms with E-state index in [4.69, 9.17) is 4.74 Å². The molecule has 0 spiro atoms. The smallest absolute Gasteiger partial charge is 0.543 e. The van der Waals surface area contributed by atoms with Gasteiger partial charge >= 0.3 is 35.5 Å². The van der Waals surface area contributed by atoms with E-state index in [1.807, 2.05) is 30.3 Å². The number of benzene rings is 1. The molecular formula is C18H13N4NaO5S. The van der Waals surface area contributed by atoms with Crippen molar-refractivity contribution in [2.45, 2.75) is 18.5 Å². The molecule has 29 heavy (non-hydrogen) atoms. The van der Waals surface area contributed by atoms with Gasteiger partial charge in [0, 0.05) is 0 Å². The van der Waals surface area contributed by atoms with Crippen molar-refractivity contribution in [2.75, 3.05) is 0 Å². The summed E-state index contributed by atoms with van der Waals surface area (Å²) < 4.78 is 6.50. The van der Waals surface area contributed by atoms with Crippen LogP contribution in [0.4, 0.5) is 0 Å². The number of rotatable bonds is 6. The van der Waals surface area contributed by atoms with Crippen LogP contribution in [0.2, 0.25) is 0 Å². The number of aromatic nitrogens is 3. The number of carbonyl (C=O) groups excluding carboxylic acids is 3. The first-order valence-electron chi connectivity index (χ1n) is 8.25. The van der Waals surface area contributed by atoms with Gasteiger partial charge in [-0.15, -0.1) is 16.9 Å². The van der Waals surface area contributed by atoms with Crippen molar-refractivity contribution >= 4 is 35.7 Å². The van der Waals surface area contributed by atoms with Crippen LogP contribution in [0.25, 0.3) is 6.08 Å². The third-order valence-corrected chi connectivity index (χ3v) is 5.22. The zero-order valence-corrected chi connectivity index (χ0v) is 18.2. The molecule has 0 aliphatic carbocycles. The molecule has 1 aromatic carbocycles. The van der Waals surface area contributed by atoms with E-state index in [2.05, 4.69) is 10.3 Å². The number of fused-ring (bicyclic) bond motifs is 1. The van der Waals surface area contributed by atoms with E-state index >= 15 is 0 Å². The van der Waals surface area contributed by atoms with Gasteiger partial charge in [-0.05, 0) is 17.0 Å². The summed E-state index contributed by atoms with van der Waals surface area (Å²) in [5.74, 6) is -2.27. The Labute approximate surface area is 191 Å². The van der Waals surface area contributed by atoms with Crippen LogP contribution in [0.15, 0.2) is 53.2 Å². The number of β-lactam (4-membered cyclic amide) rings is 1. The average Bonchev–Trinajstić information content (AvgIpc) is 3.30. The fourth-order valence-corrected chi connectivity index (χ4v) is 3.91. The Morgan fingerprint density at radius 1 is 1.28 bits per heavy atom. The number of carboxylic acids is 1. The van der Waals surface area contributed by atoms with Gasteiger partial charge in [0.2, 0.25) is 0 Å². The SMILES string of the molecule is O=C(Cn1cc(/C=C2\C(=O)N3C(C(=O)[O-])=CS[C@H]23)nn1)OCc1ccccc1.[Na+]. The number of ether oxygens (including phenoxy) is 1. The van der Waals surface area contributed by atoms with Crippen molar-refractivity contribution in [3.05, 3.63) is 64.5 Å². The molecule has 1 fully saturated rings. The predicted octanol–water partition coefficient (Wildman–Crippen LogP) is -3.08. The second-order valence-electron chi connectivity index (χ2n) is 6.04. The first-order chi connectivity index (χ1) is 13.5. The number of carbonyl (C=O) groups is 3. The summed E-state index contributed by atoms with van der Waals surface area (Å²) in [5, 5.41) is 19.7. The monoisotopic (exact) mass is 420 g/mol. The third-order valence-electron chi connectivity index (χ3n) is 4.14. The summed E-state index contributed by atoms with van der Waals surface area (Å²) in [6, 6.07) is 9.30. The van der Waals surface area contributed by atoms with Crippen molar-refractivity contribution in [3.8, 4) is 0 Å². The van der Waals surface area contributed by atoms with Crippen molar-refractivity contribution in [1.82, 2.24) is 19.9 Å². The quantitative estimate of drug-likeness (QED) is 0.209. The third kappa shape index (κ3) is 4.45. The molecule has 0 bridgehead atoms. The zero-order chi connectivity index (χ0) is 19.7. The van der Waals surface area contributed by atoms with E-state index in [0.717, 1.165) is 10.5 Å². The van der Waals surface area contributed by atoms with Gasteiger partial charge in [0.1, 0.15) is 24.2 Å². The first kappa shape index (κ1) is 21.3. The fourth-order valence-electron chi connectivity index (χ4n) is 2.79. The van der Waals surface area contributed by atoms with Crippen LogP contribution >= 0.6 is 11.8 Å². The molecule has 2 aliphatic rings. The Kier molecular flexibility index (Phi) is 6.58. The molecule has 1 atom stereocenters. The molecule has 9 nitrogen and oxygen atoms in total. The number of aliphatic carboxylic acids is 1. The number of thioether (sulfide) groups is 1. The van der Waals surface area contributed by atoms with Crippen LogP contribution in [0.3, 0.4) is 0 Å². The number of esters is 1. The molecule has 11 heteroatoms. The number of amides is 1. The Hall–Kier alpha value is -2.40. The maximum Gasteiger partial charge on any atom is 1.00 e. The Morgan fingerprint density at radius 3 is 2.76 bits per heavy atom. The van der Waals surface area contributed by atoms with Crippen molar-refractivity contribution in [2.24, 2.45) is 0 Å². The topological polar surface area (TPSA) is 117 Å². The Morgan fingerprint density at radius 2 is 2.03 bits per heavy atom. The molecule has 0 N–H and O–H groups in total. The Bertz CT molecular complexity index is 1020. The summed E-state index contributed by atoms with van der Waals surface area (Å²) >= 11 is 1.21. The van der Waals surface area contributed by atoms with Crippen LogP contribution in [0.1, 0.15) is 11.3 Å². The normalized spacial score (nSPS) is 18.6. The number of hydrogen-bond donors (Lipinski definition) is 0. The first-order valence-corrected chi connectivity index (χ1v) is 9.19. The molecule has 4 rings (SSSR count). The molecule has 0 saturated carbocycles. The van der Waals surface area contributed by atoms with Crippen LogP contribution < -0.4 is 34.7 Å². The van der Waals surface area contributed by atoms with Gasteiger partial charge in [0.05, 0.1) is 23.4 Å². The fraction of sp³-hybridized carbons (Fsp3) is 0.167. The maximum absolute atomic E-state index is 12.2. The van der Waals surface area contributed by atoms with E-state index in [0.29, 0.717) is 11.3 Å². The van der Waals surface area contributed by atoms with Crippen molar-refractivity contribution in [3.63, 3.8) is 0 Å². The second-order valence-corrected chi connectivity index (χ2v) is 7.00. The molecule has 3 heterocycles. The van der Waals surface area contributed by atoms with E-state index in [-0.39, 0.29) is 48.4 Å². The minimum atomic E-state index is -1.39. The second kappa shape index (κ2) is 8.95. The summed E-state index contributed by atoms with van der Waals surface area (Å²) in [6.45, 7) is 0.0555. The molecule has 0 unspecified atom stereocenters. The van der Waals surface area contributed by atoms with Crippen LogP contribution in [-0.2, 0) is 32.3 Å². The molecule has 2 aliphatic heterocycles. The molecular weight excluding hydrogens is 407 g/mol. The minimum absolute atomic E-state index is 0. The number of hydrogen-bond acceptors (Lipinski definition) is 8. The molecule has 1 saturated heterocycles. The van der Waals surface area contributed by atoms with E-state index in [9.17, 15) is 19.5 Å². The van der Waals surface area contributed by atoms with Crippen molar-refractivity contribution < 1.29 is 53.8 Å². The summed E-state index contributed by atoms with van der Waals surface area (Å²) in [4.78, 5) is 36.2. The minimum Gasteiger partial charge on any atom is -0.543 e. The molecule has 1 aromatic heterocycles. The number of nitrogens with zero attached hydrogens (tertiary/aromatic N) is 4. The van der Waals surface area contributed by atoms with Gasteiger partial charge in [0.25, 0.3) is 5.91 Å². The van der Waals surface area contributed by atoms with Gasteiger partial charge in [-0.3, -0.25) is 14.5 Å². The summed E-state index contributed by atoms with van der Waals surface area (Å²) in [7, 11) is 0. The van der Waals surface area contributed by atoms with Crippen LogP contribution in [-0.4, -0.2) is 43.1 Å². The van der Waals surface area contributed by atoms with Crippen LogP contribution in [0.5, 0.6) is 0 Å². The number of carboxylic acid groups (broad SMARTS) is 1. The predicted molar refractivity (Wildman–Crippen MR) is 95.6 cm³/mol. The van der Waals surface area contributed by atoms with E-state index in [1.165, 1.54) is 34.1 Å². The zero-order valence-electron chi connectivity index (χ0n) is 15.3. The van der Waals surface area contributed by atoms with Gasteiger partial charge in [-0.25, -0.2) is 4.68 Å². The van der Waals surface area contributed by atoms with Crippen LogP contribution in [0, 0.1) is 0 Å². The average molecular weight is 420 g/mol. The van der Waals surface area contributed by atoms with Gasteiger partial charge in [0.15, 0.2) is 0 Å². The molecule has 0 radical (unpaired) electrons. The van der Waals surface area contributed by atoms with Gasteiger partial charge in [-0.1, -0.05) is 35.5 Å². The van der Waals surface area contributed by atoms with Crippen molar-refractivity contribution in [1.29, 1.82) is 0 Å². The summed E-state index contributed by atoms with van der Waals surface area (Å²) in [6.07, 6.45) is 3.04. The standard InChI is InChI=1S/C18H14N4O5S.Na/c23-15(27-9-11-4-2-1-3-5-11)8-21-7-12(19-20-21)6-13-16(24)22-14(18(25)26)10-28-17(13)22;/h1-7,10,17H,8-9H2,(H,25,26);/q;+1/p-1/b13-6+;/t17-;/m1./s1. The largest absolute Gasteiger partial charge is 1.00 e. The molecule has 1 amide bonds. The molecule has 142 valence electrons. The van der Waals surface area contributed by atoms with E-state index in [1.54, 1.807) is 0 Å².